The van der Waals surface area contributed by atoms with Crippen molar-refractivity contribution in [3.8, 4) is 0 Å². The normalized spacial score (nSPS) is 21.3. The van der Waals surface area contributed by atoms with Gasteiger partial charge in [0.2, 0.25) is 6.54 Å². The second-order valence-electron chi connectivity index (χ2n) is 9.97. The van der Waals surface area contributed by atoms with Gasteiger partial charge in [0, 0.05) is 35.3 Å². The number of nitrogens with one attached hydrogen (secondary N) is 1. The number of rotatable bonds is 12. The van der Waals surface area contributed by atoms with Crippen LogP contribution in [-0.4, -0.2) is 64.2 Å². The van der Waals surface area contributed by atoms with Crippen LogP contribution in [0.2, 0.25) is 0 Å². The Labute approximate surface area is 237 Å². The van der Waals surface area contributed by atoms with Gasteiger partial charge in [-0.05, 0) is 46.8 Å². The summed E-state index contributed by atoms with van der Waals surface area (Å²) in [5.41, 5.74) is 0.179. The van der Waals surface area contributed by atoms with Crippen molar-refractivity contribution in [1.29, 1.82) is 0 Å². The van der Waals surface area contributed by atoms with Crippen molar-refractivity contribution < 1.29 is 23.0 Å². The summed E-state index contributed by atoms with van der Waals surface area (Å²) in [6.07, 6.45) is -1.86. The van der Waals surface area contributed by atoms with E-state index in [1.54, 1.807) is 44.2 Å². The lowest BCUT2D eigenvalue weighted by Crippen LogP contribution is -2.35. The Morgan fingerprint density at radius 1 is 1.25 bits per heavy atom. The summed E-state index contributed by atoms with van der Waals surface area (Å²) >= 11 is 0. The summed E-state index contributed by atoms with van der Waals surface area (Å²) < 4.78 is 36.7. The molecule has 12 heteroatoms. The fraction of sp³-hybridized carbons (Fsp3) is 0.571. The minimum absolute atomic E-state index is 0. The highest BCUT2D eigenvalue weighted by Crippen LogP contribution is 2.47. The van der Waals surface area contributed by atoms with Crippen LogP contribution in [-0.2, 0) is 13.8 Å². The van der Waals surface area contributed by atoms with Crippen LogP contribution in [0.15, 0.2) is 41.3 Å². The summed E-state index contributed by atoms with van der Waals surface area (Å²) in [5, 5.41) is 2.64. The van der Waals surface area contributed by atoms with Crippen molar-refractivity contribution in [2.45, 2.75) is 79.6 Å². The van der Waals surface area contributed by atoms with Crippen molar-refractivity contribution >= 4 is 20.3 Å². The molecule has 1 aliphatic rings. The average Bonchev–Trinajstić information content (AvgIpc) is 3.17. The Morgan fingerprint density at radius 3 is 2.50 bits per heavy atom. The van der Waals surface area contributed by atoms with Gasteiger partial charge in [-0.3, -0.25) is 9.36 Å². The fourth-order valence-electron chi connectivity index (χ4n) is 4.34. The Bertz CT molecular complexity index is 1200. The number of aromatic nitrogens is 2. The zero-order chi connectivity index (χ0) is 28.7. The third-order valence-corrected chi connectivity index (χ3v) is 8.43. The molecule has 1 amide bonds. The first-order valence-corrected chi connectivity index (χ1v) is 14.1. The zero-order valence-electron chi connectivity index (χ0n) is 23.2. The molecule has 40 heavy (non-hydrogen) atoms. The summed E-state index contributed by atoms with van der Waals surface area (Å²) in [5.74, 6) is -0.857. The quantitative estimate of drug-likeness (QED) is 0.199. The van der Waals surface area contributed by atoms with Gasteiger partial charge in [0.15, 0.2) is 12.4 Å². The van der Waals surface area contributed by atoms with Crippen molar-refractivity contribution in [3.63, 3.8) is 0 Å². The lowest BCUT2D eigenvalue weighted by atomic mass is 10.0. The standard InChI is InChI=1S/C27H37FN5O5P.CH4/c1-17(2)33(18(3)4)39(36-14-13-29-7)37-16-22-20(6)23(28)26(38-22)32-15-19(5)24(31-27(32)35)30-25(34)21-11-9-8-10-12-21;/h8-12,15,17-18,20,22-23,26H,13-14,16H2,1-6H3,(H,30,31,34,35);1H4/t20-,22-,23-,26-,39?;/m1./s1. The topological polar surface area (TPSA) is 99.3 Å². The lowest BCUT2D eigenvalue weighted by Gasteiger charge is -2.35. The number of amides is 1. The van der Waals surface area contributed by atoms with E-state index in [2.05, 4.69) is 19.8 Å². The number of hydrogen-bond acceptors (Lipinski definition) is 7. The predicted octanol–water partition coefficient (Wildman–Crippen LogP) is 5.61. The van der Waals surface area contributed by atoms with Gasteiger partial charge in [-0.2, -0.15) is 4.98 Å². The number of carbonyl (C=O) groups excluding carboxylic acids is 1. The van der Waals surface area contributed by atoms with E-state index in [1.807, 2.05) is 27.7 Å². The second kappa shape index (κ2) is 15.3. The predicted molar refractivity (Wildman–Crippen MR) is 155 cm³/mol. The molecule has 1 aliphatic heterocycles. The maximum Gasteiger partial charge on any atom is 0.351 e. The highest BCUT2D eigenvalue weighted by molar-refractivity contribution is 7.44. The van der Waals surface area contributed by atoms with Gasteiger partial charge in [0.25, 0.3) is 14.4 Å². The number of alkyl halides is 1. The smallest absolute Gasteiger partial charge is 0.349 e. The van der Waals surface area contributed by atoms with E-state index in [-0.39, 0.29) is 45.1 Å². The number of carbonyl (C=O) groups is 1. The van der Waals surface area contributed by atoms with E-state index in [4.69, 9.17) is 20.4 Å². The van der Waals surface area contributed by atoms with Crippen molar-refractivity contribution in [2.24, 2.45) is 5.92 Å². The molecule has 2 aromatic rings. The summed E-state index contributed by atoms with van der Waals surface area (Å²) in [7, 11) is -1.51. The molecule has 1 fully saturated rings. The van der Waals surface area contributed by atoms with Gasteiger partial charge in [-0.15, -0.1) is 0 Å². The largest absolute Gasteiger partial charge is 0.351 e. The molecule has 1 unspecified atom stereocenters. The molecule has 0 saturated carbocycles. The number of hydrogen-bond donors (Lipinski definition) is 1. The van der Waals surface area contributed by atoms with Gasteiger partial charge in [0.1, 0.15) is 12.4 Å². The Balaban J connectivity index is 0.00000560. The maximum atomic E-state index is 15.4. The number of anilines is 1. The van der Waals surface area contributed by atoms with Crippen molar-refractivity contribution in [1.82, 2.24) is 14.2 Å². The molecule has 1 saturated heterocycles. The van der Waals surface area contributed by atoms with Crippen molar-refractivity contribution in [3.05, 3.63) is 69.6 Å². The molecule has 0 radical (unpaired) electrons. The average molecular weight is 578 g/mol. The SMILES string of the molecule is C.[C-]#[N+]CCOP(OC[C@H]1O[C@@H](n2cc(C)c(NC(=O)c3ccccc3)nc2=O)[C@H](F)[C@@H]1C)N(C(C)C)C(C)C. The minimum atomic E-state index is -1.51. The van der Waals surface area contributed by atoms with Crippen molar-refractivity contribution in [2.75, 3.05) is 25.1 Å². The number of halogens is 1. The highest BCUT2D eigenvalue weighted by atomic mass is 31.2. The molecular formula is C28H41FN5O5P. The number of aryl methyl sites for hydroxylation is 1. The second-order valence-corrected chi connectivity index (χ2v) is 11.4. The molecule has 1 aromatic carbocycles. The van der Waals surface area contributed by atoms with E-state index >= 15 is 4.39 Å². The van der Waals surface area contributed by atoms with Crippen LogP contribution < -0.4 is 11.0 Å². The number of ether oxygens (including phenoxy) is 1. The molecule has 220 valence electrons. The molecule has 0 bridgehead atoms. The molecular weight excluding hydrogens is 536 g/mol. The molecule has 3 rings (SSSR count). The molecule has 0 spiro atoms. The summed E-state index contributed by atoms with van der Waals surface area (Å²) in [6.45, 7) is 19.0. The van der Waals surface area contributed by atoms with Gasteiger partial charge >= 0.3 is 5.69 Å². The van der Waals surface area contributed by atoms with Crippen LogP contribution in [0.4, 0.5) is 10.2 Å². The van der Waals surface area contributed by atoms with Gasteiger partial charge in [-0.1, -0.05) is 32.5 Å². The summed E-state index contributed by atoms with van der Waals surface area (Å²) in [6, 6.07) is 8.82. The fourth-order valence-corrected chi connectivity index (χ4v) is 5.95. The molecule has 1 N–H and O–H groups in total. The zero-order valence-corrected chi connectivity index (χ0v) is 24.1. The van der Waals surface area contributed by atoms with Crippen LogP contribution in [0, 0.1) is 19.4 Å². The minimum Gasteiger partial charge on any atom is -0.349 e. The van der Waals surface area contributed by atoms with Gasteiger partial charge in [0.05, 0.1) is 12.7 Å². The Hall–Kier alpha value is -2.74. The first-order chi connectivity index (χ1) is 18.5. The maximum absolute atomic E-state index is 15.4. The van der Waals surface area contributed by atoms with E-state index in [0.717, 1.165) is 4.57 Å². The molecule has 2 heterocycles. The van der Waals surface area contributed by atoms with Crippen LogP contribution in [0.5, 0.6) is 0 Å². The number of nitrogens with zero attached hydrogens (tertiary/aromatic N) is 4. The van der Waals surface area contributed by atoms with Crippen LogP contribution in [0.1, 0.15) is 64.2 Å². The van der Waals surface area contributed by atoms with Crippen LogP contribution >= 0.6 is 8.53 Å². The molecule has 5 atom stereocenters. The highest BCUT2D eigenvalue weighted by Gasteiger charge is 2.45. The molecule has 10 nitrogen and oxygen atoms in total. The lowest BCUT2D eigenvalue weighted by molar-refractivity contribution is -0.0398. The van der Waals surface area contributed by atoms with Crippen LogP contribution in [0.3, 0.4) is 0 Å². The van der Waals surface area contributed by atoms with E-state index in [0.29, 0.717) is 11.1 Å². The monoisotopic (exact) mass is 577 g/mol. The van der Waals surface area contributed by atoms with E-state index < -0.39 is 44.5 Å². The first kappa shape index (κ1) is 33.5. The Morgan fingerprint density at radius 2 is 1.90 bits per heavy atom. The van der Waals surface area contributed by atoms with E-state index in [1.165, 1.54) is 6.20 Å². The first-order valence-electron chi connectivity index (χ1n) is 13.0. The molecule has 1 aromatic heterocycles. The van der Waals surface area contributed by atoms with Gasteiger partial charge < -0.3 is 23.9 Å². The third kappa shape index (κ3) is 8.15. The number of benzene rings is 1. The third-order valence-electron chi connectivity index (χ3n) is 6.35. The Kier molecular flexibility index (Phi) is 12.8. The molecule has 0 aliphatic carbocycles. The van der Waals surface area contributed by atoms with Gasteiger partial charge in [-0.25, -0.2) is 20.4 Å². The summed E-state index contributed by atoms with van der Waals surface area (Å²) in [4.78, 5) is 32.7. The van der Waals surface area contributed by atoms with Crippen LogP contribution in [0.25, 0.3) is 4.85 Å². The van der Waals surface area contributed by atoms with E-state index in [9.17, 15) is 9.59 Å².